The summed E-state index contributed by atoms with van der Waals surface area (Å²) in [6.07, 6.45) is 4.78. The van der Waals surface area contributed by atoms with Crippen molar-refractivity contribution in [2.75, 3.05) is 6.61 Å². The van der Waals surface area contributed by atoms with Gasteiger partial charge >= 0.3 is 0 Å². The number of benzene rings is 1. The van der Waals surface area contributed by atoms with Crippen LogP contribution in [0.2, 0.25) is 0 Å². The average molecular weight is 295 g/mol. The molecular weight excluding hydrogens is 284 g/mol. The lowest BCUT2D eigenvalue weighted by molar-refractivity contribution is 0.338. The summed E-state index contributed by atoms with van der Waals surface area (Å²) in [5.74, 6) is 0.828. The number of hydrogen-bond donors (Lipinski definition) is 0. The molecule has 88 valence electrons. The Labute approximate surface area is 107 Å². The zero-order chi connectivity index (χ0) is 12.1. The molecule has 0 N–H and O–H groups in total. The molecule has 0 saturated heterocycles. The van der Waals surface area contributed by atoms with E-state index in [0.717, 1.165) is 15.8 Å². The van der Waals surface area contributed by atoms with Gasteiger partial charge < -0.3 is 4.74 Å². The van der Waals surface area contributed by atoms with Crippen LogP contribution < -0.4 is 4.74 Å². The minimum absolute atomic E-state index is 0.646. The molecule has 2 rings (SSSR count). The lowest BCUT2D eigenvalue weighted by atomic mass is 10.2. The Bertz CT molecular complexity index is 510. The van der Waals surface area contributed by atoms with E-state index in [9.17, 15) is 0 Å². The first-order chi connectivity index (χ1) is 8.29. The fourth-order valence-electron chi connectivity index (χ4n) is 1.26. The smallest absolute Gasteiger partial charge is 0.141 e. The van der Waals surface area contributed by atoms with Crippen molar-refractivity contribution in [3.8, 4) is 5.75 Å². The van der Waals surface area contributed by atoms with Gasteiger partial charge in [0.25, 0.3) is 0 Å². The molecule has 0 atom stereocenters. The van der Waals surface area contributed by atoms with Crippen LogP contribution in [0, 0.1) is 0 Å². The molecule has 0 aliphatic rings. The molecule has 1 aromatic heterocycles. The second-order valence-electron chi connectivity index (χ2n) is 3.21. The molecule has 0 unspecified atom stereocenters. The molecule has 1 aromatic carbocycles. The van der Waals surface area contributed by atoms with Crippen molar-refractivity contribution in [2.24, 2.45) is 5.10 Å². The normalized spacial score (nSPS) is 10.9. The van der Waals surface area contributed by atoms with Gasteiger partial charge in [0.1, 0.15) is 18.4 Å². The van der Waals surface area contributed by atoms with E-state index < -0.39 is 0 Å². The minimum atomic E-state index is 0.646. The lowest BCUT2D eigenvalue weighted by Gasteiger charge is -2.05. The topological polar surface area (TPSA) is 52.3 Å². The molecule has 0 saturated carbocycles. The highest BCUT2D eigenvalue weighted by Gasteiger charge is 2.00. The van der Waals surface area contributed by atoms with Crippen molar-refractivity contribution >= 4 is 22.1 Å². The zero-order valence-corrected chi connectivity index (χ0v) is 10.8. The number of aromatic nitrogens is 3. The highest BCUT2D eigenvalue weighted by molar-refractivity contribution is 9.10. The standard InChI is InChI=1S/C11H11BrN4O/c1-2-17-11-4-3-9(5-10(11)12)6-15-16-7-13-14-8-16/h3-8H,2H2,1H3/b15-6-. The van der Waals surface area contributed by atoms with Gasteiger partial charge in [-0.2, -0.15) is 5.10 Å². The van der Waals surface area contributed by atoms with Gasteiger partial charge in [-0.25, -0.2) is 4.68 Å². The highest BCUT2D eigenvalue weighted by Crippen LogP contribution is 2.25. The molecule has 0 amide bonds. The van der Waals surface area contributed by atoms with E-state index in [1.807, 2.05) is 25.1 Å². The first-order valence-corrected chi connectivity index (χ1v) is 5.90. The summed E-state index contributed by atoms with van der Waals surface area (Å²) in [5.41, 5.74) is 0.967. The summed E-state index contributed by atoms with van der Waals surface area (Å²) in [7, 11) is 0. The SMILES string of the molecule is CCOc1ccc(/C=N\n2cnnc2)cc1Br. The second kappa shape index (κ2) is 5.58. The van der Waals surface area contributed by atoms with E-state index in [-0.39, 0.29) is 0 Å². The van der Waals surface area contributed by atoms with Crippen LogP contribution in [0.25, 0.3) is 0 Å². The maximum Gasteiger partial charge on any atom is 0.141 e. The van der Waals surface area contributed by atoms with Crippen molar-refractivity contribution in [2.45, 2.75) is 6.92 Å². The van der Waals surface area contributed by atoms with Gasteiger partial charge in [0.05, 0.1) is 17.3 Å². The predicted octanol–water partition coefficient (Wildman–Crippen LogP) is 2.32. The van der Waals surface area contributed by atoms with Crippen molar-refractivity contribution < 1.29 is 4.74 Å². The summed E-state index contributed by atoms with van der Waals surface area (Å²) < 4.78 is 7.87. The van der Waals surface area contributed by atoms with Crippen molar-refractivity contribution in [3.05, 3.63) is 40.9 Å². The molecule has 2 aromatic rings. The van der Waals surface area contributed by atoms with Crippen LogP contribution in [0.1, 0.15) is 12.5 Å². The summed E-state index contributed by atoms with van der Waals surface area (Å²) in [4.78, 5) is 0. The minimum Gasteiger partial charge on any atom is -0.493 e. The van der Waals surface area contributed by atoms with E-state index in [2.05, 4.69) is 31.2 Å². The fourth-order valence-corrected chi connectivity index (χ4v) is 1.77. The zero-order valence-electron chi connectivity index (χ0n) is 9.25. The number of ether oxygens (including phenoxy) is 1. The highest BCUT2D eigenvalue weighted by atomic mass is 79.9. The summed E-state index contributed by atoms with van der Waals surface area (Å²) in [5, 5.41) is 11.5. The number of rotatable bonds is 4. The Kier molecular flexibility index (Phi) is 3.87. The Morgan fingerprint density at radius 3 is 2.82 bits per heavy atom. The summed E-state index contributed by atoms with van der Waals surface area (Å²) in [6.45, 7) is 2.60. The fraction of sp³-hybridized carbons (Fsp3) is 0.182. The Hall–Kier alpha value is -1.69. The van der Waals surface area contributed by atoms with E-state index in [1.54, 1.807) is 6.21 Å². The molecule has 0 aliphatic heterocycles. The van der Waals surface area contributed by atoms with Gasteiger partial charge in [-0.1, -0.05) is 0 Å². The molecule has 0 bridgehead atoms. The summed E-state index contributed by atoms with van der Waals surface area (Å²) in [6, 6.07) is 5.78. The van der Waals surface area contributed by atoms with Crippen molar-refractivity contribution in [3.63, 3.8) is 0 Å². The van der Waals surface area contributed by atoms with Gasteiger partial charge in [0.15, 0.2) is 0 Å². The van der Waals surface area contributed by atoms with Gasteiger partial charge in [-0.15, -0.1) is 10.2 Å². The van der Waals surface area contributed by atoms with Crippen LogP contribution in [0.5, 0.6) is 5.75 Å². The van der Waals surface area contributed by atoms with Crippen LogP contribution in [0.4, 0.5) is 0 Å². The van der Waals surface area contributed by atoms with Gasteiger partial charge in [-0.05, 0) is 46.6 Å². The second-order valence-corrected chi connectivity index (χ2v) is 4.06. The van der Waals surface area contributed by atoms with Crippen LogP contribution >= 0.6 is 15.9 Å². The molecule has 5 nitrogen and oxygen atoms in total. The van der Waals surface area contributed by atoms with Crippen LogP contribution in [-0.2, 0) is 0 Å². The number of nitrogens with zero attached hydrogens (tertiary/aromatic N) is 4. The quantitative estimate of drug-likeness (QED) is 0.813. The first kappa shape index (κ1) is 11.8. The summed E-state index contributed by atoms with van der Waals surface area (Å²) >= 11 is 3.45. The monoisotopic (exact) mass is 294 g/mol. The van der Waals surface area contributed by atoms with Gasteiger partial charge in [0.2, 0.25) is 0 Å². The van der Waals surface area contributed by atoms with E-state index in [0.29, 0.717) is 6.61 Å². The van der Waals surface area contributed by atoms with Crippen molar-refractivity contribution in [1.82, 2.24) is 14.9 Å². The molecule has 17 heavy (non-hydrogen) atoms. The Morgan fingerprint density at radius 1 is 1.41 bits per heavy atom. The van der Waals surface area contributed by atoms with E-state index in [4.69, 9.17) is 4.74 Å². The molecule has 0 spiro atoms. The third-order valence-corrected chi connectivity index (χ3v) is 2.62. The first-order valence-electron chi connectivity index (χ1n) is 5.11. The maximum atomic E-state index is 5.43. The van der Waals surface area contributed by atoms with Crippen LogP contribution in [0.15, 0.2) is 40.4 Å². The molecule has 6 heteroatoms. The Morgan fingerprint density at radius 2 is 2.18 bits per heavy atom. The van der Waals surface area contributed by atoms with E-state index >= 15 is 0 Å². The van der Waals surface area contributed by atoms with E-state index in [1.165, 1.54) is 17.3 Å². The predicted molar refractivity (Wildman–Crippen MR) is 68.3 cm³/mol. The van der Waals surface area contributed by atoms with Gasteiger partial charge in [-0.3, -0.25) is 0 Å². The number of hydrogen-bond acceptors (Lipinski definition) is 4. The Balaban J connectivity index is 2.15. The molecule has 0 fully saturated rings. The average Bonchev–Trinajstić information content (AvgIpc) is 2.83. The van der Waals surface area contributed by atoms with Crippen LogP contribution in [-0.4, -0.2) is 27.7 Å². The maximum absolute atomic E-state index is 5.43. The molecule has 1 heterocycles. The largest absolute Gasteiger partial charge is 0.493 e. The third-order valence-electron chi connectivity index (χ3n) is 2.00. The molecule has 0 aliphatic carbocycles. The van der Waals surface area contributed by atoms with Gasteiger partial charge in [0, 0.05) is 0 Å². The lowest BCUT2D eigenvalue weighted by Crippen LogP contribution is -1.93. The van der Waals surface area contributed by atoms with Crippen molar-refractivity contribution in [1.29, 1.82) is 0 Å². The van der Waals surface area contributed by atoms with Crippen LogP contribution in [0.3, 0.4) is 0 Å². The molecular formula is C11H11BrN4O. The number of halogens is 1. The third kappa shape index (κ3) is 3.13. The molecule has 0 radical (unpaired) electrons.